The van der Waals surface area contributed by atoms with Crippen LogP contribution in [0.4, 0.5) is 0 Å². The number of hydrogen-bond donors (Lipinski definition) is 6. The number of likely N-dealkylation sites (N-methyl/N-ethyl adjacent to an activating group) is 1. The summed E-state index contributed by atoms with van der Waals surface area (Å²) in [5.74, 6) is -7.11. The van der Waals surface area contributed by atoms with E-state index in [4.69, 9.17) is 26.2 Å². The first-order chi connectivity index (χ1) is 11.9. The molecule has 0 radical (unpaired) electrons. The Morgan fingerprint density at radius 3 is 1.73 bits per heavy atom. The lowest BCUT2D eigenvalue weighted by Crippen LogP contribution is -2.37. The number of aliphatic carboxylic acids is 4. The van der Waals surface area contributed by atoms with Gasteiger partial charge in [-0.2, -0.15) is 0 Å². The third kappa shape index (κ3) is 12.2. The highest BCUT2D eigenvalue weighted by atomic mass is 16.4. The molecule has 0 aliphatic heterocycles. The number of hydrogen-bond acceptors (Lipinski definition) is 7. The molecule has 0 aliphatic rings. The largest absolute Gasteiger partial charge is 0.481 e. The molecule has 0 aliphatic carbocycles. The van der Waals surface area contributed by atoms with Crippen LogP contribution >= 0.6 is 0 Å². The third-order valence-electron chi connectivity index (χ3n) is 3.47. The smallest absolute Gasteiger partial charge is 0.320 e. The Morgan fingerprint density at radius 2 is 1.42 bits per heavy atom. The summed E-state index contributed by atoms with van der Waals surface area (Å²) in [4.78, 5) is 43.2. The molecular weight excluding hydrogens is 350 g/mol. The van der Waals surface area contributed by atoms with Crippen LogP contribution in [0, 0.1) is 5.92 Å². The van der Waals surface area contributed by atoms with Crippen LogP contribution in [0.5, 0.6) is 0 Å². The van der Waals surface area contributed by atoms with Gasteiger partial charge in [-0.15, -0.1) is 0 Å². The molecule has 0 amide bonds. The van der Waals surface area contributed by atoms with Crippen molar-refractivity contribution in [2.75, 3.05) is 27.7 Å². The van der Waals surface area contributed by atoms with Crippen LogP contribution < -0.4 is 11.1 Å². The van der Waals surface area contributed by atoms with Crippen LogP contribution in [0.3, 0.4) is 0 Å². The SMILES string of the molecule is CNCCCC[C@@H](C(=O)O)N(C)C.N[C@@H](CC(C(=O)O)C(=O)O)C(=O)O. The predicted octanol–water partition coefficient (Wildman–Crippen LogP) is -1.04. The van der Waals surface area contributed by atoms with E-state index in [1.807, 2.05) is 7.05 Å². The molecule has 2 atom stereocenters. The van der Waals surface area contributed by atoms with Gasteiger partial charge in [-0.3, -0.25) is 24.1 Å². The van der Waals surface area contributed by atoms with E-state index < -0.39 is 42.3 Å². The molecule has 0 saturated carbocycles. The molecule has 0 spiro atoms. The molecule has 26 heavy (non-hydrogen) atoms. The Balaban J connectivity index is 0. The first kappa shape index (κ1) is 26.0. The summed E-state index contributed by atoms with van der Waals surface area (Å²) in [5, 5.41) is 36.9. The quantitative estimate of drug-likeness (QED) is 0.179. The van der Waals surface area contributed by atoms with E-state index in [9.17, 15) is 19.2 Å². The first-order valence-electron chi connectivity index (χ1n) is 7.93. The fourth-order valence-corrected chi connectivity index (χ4v) is 1.90. The highest BCUT2D eigenvalue weighted by Gasteiger charge is 2.30. The van der Waals surface area contributed by atoms with Crippen molar-refractivity contribution in [2.45, 2.75) is 37.8 Å². The van der Waals surface area contributed by atoms with Crippen LogP contribution in [0.1, 0.15) is 25.7 Å². The van der Waals surface area contributed by atoms with E-state index in [2.05, 4.69) is 5.32 Å². The second kappa shape index (κ2) is 14.0. The van der Waals surface area contributed by atoms with Crippen LogP contribution in [0.2, 0.25) is 0 Å². The minimum Gasteiger partial charge on any atom is -0.481 e. The van der Waals surface area contributed by atoms with E-state index in [0.29, 0.717) is 0 Å². The number of nitrogens with one attached hydrogen (secondary N) is 1. The van der Waals surface area contributed by atoms with Gasteiger partial charge >= 0.3 is 23.9 Å². The van der Waals surface area contributed by atoms with Gasteiger partial charge in [0.15, 0.2) is 5.92 Å². The second-order valence-electron chi connectivity index (χ2n) is 5.83. The lowest BCUT2D eigenvalue weighted by atomic mass is 10.0. The van der Waals surface area contributed by atoms with Crippen molar-refractivity contribution in [3.8, 4) is 0 Å². The number of carbonyl (C=O) groups is 4. The Labute approximate surface area is 151 Å². The van der Waals surface area contributed by atoms with Gasteiger partial charge in [0, 0.05) is 0 Å². The Hall–Kier alpha value is -2.24. The normalized spacial score (nSPS) is 12.8. The lowest BCUT2D eigenvalue weighted by molar-refractivity contribution is -0.155. The fraction of sp³-hybridized carbons (Fsp3) is 0.733. The van der Waals surface area contributed by atoms with Crippen LogP contribution in [-0.2, 0) is 19.2 Å². The van der Waals surface area contributed by atoms with Crippen molar-refractivity contribution in [2.24, 2.45) is 11.7 Å². The molecule has 0 unspecified atom stereocenters. The van der Waals surface area contributed by atoms with E-state index in [1.54, 1.807) is 19.0 Å². The van der Waals surface area contributed by atoms with E-state index in [-0.39, 0.29) is 6.04 Å². The van der Waals surface area contributed by atoms with Crippen molar-refractivity contribution >= 4 is 23.9 Å². The summed E-state index contributed by atoms with van der Waals surface area (Å²) in [6.45, 7) is 0.958. The zero-order valence-corrected chi connectivity index (χ0v) is 15.2. The maximum atomic E-state index is 10.7. The molecule has 0 rings (SSSR count). The zero-order chi connectivity index (χ0) is 20.9. The zero-order valence-electron chi connectivity index (χ0n) is 15.2. The maximum absolute atomic E-state index is 10.7. The summed E-state index contributed by atoms with van der Waals surface area (Å²) in [6.07, 6.45) is 2.09. The molecule has 0 bridgehead atoms. The van der Waals surface area contributed by atoms with Gasteiger partial charge < -0.3 is 31.5 Å². The molecule has 0 aromatic carbocycles. The lowest BCUT2D eigenvalue weighted by Gasteiger charge is -2.19. The molecule has 0 aromatic heterocycles. The second-order valence-corrected chi connectivity index (χ2v) is 5.83. The number of nitrogens with two attached hydrogens (primary N) is 1. The van der Waals surface area contributed by atoms with Crippen LogP contribution in [-0.4, -0.2) is 89.0 Å². The van der Waals surface area contributed by atoms with Crippen molar-refractivity contribution in [3.05, 3.63) is 0 Å². The molecule has 11 nitrogen and oxygen atoms in total. The van der Waals surface area contributed by atoms with Crippen molar-refractivity contribution < 1.29 is 39.6 Å². The Bertz CT molecular complexity index is 456. The highest BCUT2D eigenvalue weighted by Crippen LogP contribution is 2.06. The molecule has 7 N–H and O–H groups in total. The van der Waals surface area contributed by atoms with E-state index in [1.165, 1.54) is 0 Å². The Morgan fingerprint density at radius 1 is 0.923 bits per heavy atom. The van der Waals surface area contributed by atoms with Gasteiger partial charge in [0.25, 0.3) is 0 Å². The monoisotopic (exact) mass is 379 g/mol. The first-order valence-corrected chi connectivity index (χ1v) is 7.93. The molecule has 0 saturated heterocycles. The number of nitrogens with zero attached hydrogens (tertiary/aromatic N) is 1. The summed E-state index contributed by atoms with van der Waals surface area (Å²) >= 11 is 0. The molecule has 0 heterocycles. The van der Waals surface area contributed by atoms with E-state index >= 15 is 0 Å². The standard InChI is InChI=1S/C9H20N2O2.C6H9NO6/c1-10-7-5-4-6-8(9(12)13)11(2)3;7-3(6(12)13)1-2(4(8)9)5(10)11/h8,10H,4-7H2,1-3H3,(H,12,13);2-3H,1,7H2,(H,8,9)(H,10,11)(H,12,13)/t8-;3-/m00/s1. The van der Waals surface area contributed by atoms with Gasteiger partial charge in [0.1, 0.15) is 12.1 Å². The molecule has 0 fully saturated rings. The summed E-state index contributed by atoms with van der Waals surface area (Å²) in [6, 6.07) is -1.81. The van der Waals surface area contributed by atoms with Gasteiger partial charge in [0.2, 0.25) is 0 Å². The topological polar surface area (TPSA) is 190 Å². The molecule has 152 valence electrons. The van der Waals surface area contributed by atoms with Crippen LogP contribution in [0.25, 0.3) is 0 Å². The van der Waals surface area contributed by atoms with Gasteiger partial charge in [-0.05, 0) is 47.0 Å². The van der Waals surface area contributed by atoms with Crippen molar-refractivity contribution in [1.82, 2.24) is 10.2 Å². The summed E-state index contributed by atoms with van der Waals surface area (Å²) in [7, 11) is 5.51. The number of carboxylic acids is 4. The third-order valence-corrected chi connectivity index (χ3v) is 3.47. The number of unbranched alkanes of at least 4 members (excludes halogenated alkanes) is 1. The van der Waals surface area contributed by atoms with Crippen molar-refractivity contribution in [1.29, 1.82) is 0 Å². The van der Waals surface area contributed by atoms with Gasteiger partial charge in [0.05, 0.1) is 0 Å². The van der Waals surface area contributed by atoms with Crippen molar-refractivity contribution in [3.63, 3.8) is 0 Å². The number of carboxylic acid groups (broad SMARTS) is 4. The molecule has 0 aromatic rings. The predicted molar refractivity (Wildman–Crippen MR) is 91.9 cm³/mol. The number of rotatable bonds is 12. The summed E-state index contributed by atoms with van der Waals surface area (Å²) < 4.78 is 0. The Kier molecular flexibility index (Phi) is 14.0. The minimum absolute atomic E-state index is 0.336. The van der Waals surface area contributed by atoms with Crippen LogP contribution in [0.15, 0.2) is 0 Å². The summed E-state index contributed by atoms with van der Waals surface area (Å²) in [5.41, 5.74) is 4.97. The average Bonchev–Trinajstić information content (AvgIpc) is 2.51. The fourth-order valence-electron chi connectivity index (χ4n) is 1.90. The molecule has 11 heteroatoms. The van der Waals surface area contributed by atoms with E-state index in [0.717, 1.165) is 25.8 Å². The minimum atomic E-state index is -1.77. The van der Waals surface area contributed by atoms with Gasteiger partial charge in [-0.25, -0.2) is 0 Å². The molecular formula is C15H29N3O8. The average molecular weight is 379 g/mol. The maximum Gasteiger partial charge on any atom is 0.320 e. The highest BCUT2D eigenvalue weighted by molar-refractivity contribution is 5.93. The van der Waals surface area contributed by atoms with Gasteiger partial charge in [-0.1, -0.05) is 6.42 Å².